The van der Waals surface area contributed by atoms with E-state index in [1.54, 1.807) is 48.5 Å². The van der Waals surface area contributed by atoms with E-state index in [0.717, 1.165) is 5.56 Å². The minimum absolute atomic E-state index is 0.154. The Morgan fingerprint density at radius 1 is 0.966 bits per heavy atom. The van der Waals surface area contributed by atoms with Crippen molar-refractivity contribution in [2.45, 2.75) is 26.2 Å². The molecular weight excluding hydrogens is 386 g/mol. The van der Waals surface area contributed by atoms with Crippen LogP contribution in [-0.2, 0) is 5.41 Å². The summed E-state index contributed by atoms with van der Waals surface area (Å²) in [4.78, 5) is 14.5. The summed E-state index contributed by atoms with van der Waals surface area (Å²) in [5, 5.41) is 20.5. The van der Waals surface area contributed by atoms with Crippen LogP contribution in [0.5, 0.6) is 5.75 Å². The zero-order chi connectivity index (χ0) is 20.8. The fourth-order valence-electron chi connectivity index (χ4n) is 3.12. The number of halogens is 1. The Kier molecular flexibility index (Phi) is 4.63. The van der Waals surface area contributed by atoms with Crippen molar-refractivity contribution in [3.05, 3.63) is 82.4 Å². The fraction of sp³-hybridized carbons (Fsp3) is 0.174. The van der Waals surface area contributed by atoms with Gasteiger partial charge in [-0.2, -0.15) is 0 Å². The van der Waals surface area contributed by atoms with E-state index >= 15 is 0 Å². The number of aromatic nitrogens is 3. The molecule has 5 nitrogen and oxygen atoms in total. The summed E-state index contributed by atoms with van der Waals surface area (Å²) in [6.07, 6.45) is 0. The highest BCUT2D eigenvalue weighted by Gasteiger charge is 2.24. The molecule has 146 valence electrons. The molecule has 0 aliphatic rings. The first kappa shape index (κ1) is 19.2. The summed E-state index contributed by atoms with van der Waals surface area (Å²) in [7, 11) is 0. The van der Waals surface area contributed by atoms with Crippen molar-refractivity contribution in [3.8, 4) is 11.4 Å². The first-order valence-corrected chi connectivity index (χ1v) is 9.62. The molecule has 0 bridgehead atoms. The number of carbonyl (C=O) groups excluding carboxylic acids is 1. The number of nitrogens with zero attached hydrogens (tertiary/aromatic N) is 3. The van der Waals surface area contributed by atoms with Crippen LogP contribution in [0.4, 0.5) is 0 Å². The minimum Gasteiger partial charge on any atom is -0.505 e. The minimum atomic E-state index is -0.254. The van der Waals surface area contributed by atoms with E-state index in [1.165, 1.54) is 4.80 Å². The first-order valence-electron chi connectivity index (χ1n) is 9.24. The molecule has 0 spiro atoms. The molecule has 0 saturated heterocycles. The van der Waals surface area contributed by atoms with Gasteiger partial charge >= 0.3 is 0 Å². The van der Waals surface area contributed by atoms with Crippen molar-refractivity contribution >= 4 is 28.4 Å². The Balaban J connectivity index is 1.94. The Morgan fingerprint density at radius 3 is 2.34 bits per heavy atom. The van der Waals surface area contributed by atoms with Gasteiger partial charge in [-0.25, -0.2) is 0 Å². The molecule has 0 atom stereocenters. The van der Waals surface area contributed by atoms with Gasteiger partial charge in [-0.3, -0.25) is 4.79 Å². The van der Waals surface area contributed by atoms with E-state index in [9.17, 15) is 9.90 Å². The predicted octanol–water partition coefficient (Wildman–Crippen LogP) is 5.31. The molecule has 1 heterocycles. The predicted molar refractivity (Wildman–Crippen MR) is 114 cm³/mol. The van der Waals surface area contributed by atoms with Crippen LogP contribution in [0.3, 0.4) is 0 Å². The molecule has 0 radical (unpaired) electrons. The molecule has 1 N–H and O–H groups in total. The van der Waals surface area contributed by atoms with Crippen molar-refractivity contribution in [1.82, 2.24) is 15.0 Å². The van der Waals surface area contributed by atoms with E-state index in [-0.39, 0.29) is 22.5 Å². The Hall–Kier alpha value is -3.18. The third-order valence-electron chi connectivity index (χ3n) is 4.79. The number of fused-ring (bicyclic) bond motifs is 1. The molecule has 0 saturated carbocycles. The fourth-order valence-corrected chi connectivity index (χ4v) is 3.28. The molecule has 0 fully saturated rings. The van der Waals surface area contributed by atoms with Crippen LogP contribution in [-0.4, -0.2) is 25.9 Å². The van der Waals surface area contributed by atoms with Crippen molar-refractivity contribution in [2.75, 3.05) is 0 Å². The maximum absolute atomic E-state index is 13.1. The maximum atomic E-state index is 13.1. The van der Waals surface area contributed by atoms with Gasteiger partial charge in [0, 0.05) is 10.6 Å². The van der Waals surface area contributed by atoms with E-state index in [2.05, 4.69) is 10.2 Å². The molecule has 0 aliphatic carbocycles. The largest absolute Gasteiger partial charge is 0.505 e. The number of ketones is 1. The smallest absolute Gasteiger partial charge is 0.196 e. The number of hydrogen-bond donors (Lipinski definition) is 1. The summed E-state index contributed by atoms with van der Waals surface area (Å²) >= 11 is 6.05. The number of carbonyl (C=O) groups is 1. The topological polar surface area (TPSA) is 68.0 Å². The van der Waals surface area contributed by atoms with Crippen LogP contribution < -0.4 is 0 Å². The molecule has 1 aromatic heterocycles. The summed E-state index contributed by atoms with van der Waals surface area (Å²) in [5.74, 6) is -0.409. The molecule has 0 amide bonds. The van der Waals surface area contributed by atoms with Gasteiger partial charge in [0.25, 0.3) is 0 Å². The maximum Gasteiger partial charge on any atom is 0.196 e. The standard InChI is InChI=1S/C23H20ClN3O2/c1-23(2,3)15-11-17(21(28)14-7-5-4-6-8-14)22(29)20(12-15)27-25-18-10-9-16(24)13-19(18)26-27/h4-13,29H,1-3H3. The van der Waals surface area contributed by atoms with Crippen LogP contribution in [0, 0.1) is 0 Å². The van der Waals surface area contributed by atoms with Gasteiger partial charge in [0.1, 0.15) is 16.7 Å². The summed E-state index contributed by atoms with van der Waals surface area (Å²) in [6, 6.07) is 17.7. The summed E-state index contributed by atoms with van der Waals surface area (Å²) in [6.45, 7) is 6.15. The van der Waals surface area contributed by atoms with Crippen LogP contribution in [0.25, 0.3) is 16.7 Å². The molecule has 3 aromatic carbocycles. The Morgan fingerprint density at radius 2 is 1.66 bits per heavy atom. The highest BCUT2D eigenvalue weighted by Crippen LogP contribution is 2.34. The SMILES string of the molecule is CC(C)(C)c1cc(C(=O)c2ccccc2)c(O)c(-n2nc3ccc(Cl)cc3n2)c1. The summed E-state index contributed by atoms with van der Waals surface area (Å²) in [5.41, 5.74) is 2.97. The molecule has 4 aromatic rings. The zero-order valence-corrected chi connectivity index (χ0v) is 17.1. The highest BCUT2D eigenvalue weighted by atomic mass is 35.5. The monoisotopic (exact) mass is 405 g/mol. The van der Waals surface area contributed by atoms with E-state index < -0.39 is 0 Å². The molecule has 0 aliphatic heterocycles. The van der Waals surface area contributed by atoms with Crippen LogP contribution in [0.2, 0.25) is 5.02 Å². The lowest BCUT2D eigenvalue weighted by atomic mass is 9.84. The van der Waals surface area contributed by atoms with Gasteiger partial charge in [0.15, 0.2) is 11.5 Å². The first-order chi connectivity index (χ1) is 13.7. The number of hydrogen-bond acceptors (Lipinski definition) is 4. The van der Waals surface area contributed by atoms with Crippen molar-refractivity contribution in [1.29, 1.82) is 0 Å². The lowest BCUT2D eigenvalue weighted by Crippen LogP contribution is -2.15. The number of rotatable bonds is 3. The van der Waals surface area contributed by atoms with Crippen molar-refractivity contribution < 1.29 is 9.90 Å². The van der Waals surface area contributed by atoms with Gasteiger partial charge in [0.2, 0.25) is 0 Å². The number of phenols is 1. The van der Waals surface area contributed by atoms with Gasteiger partial charge in [-0.15, -0.1) is 15.0 Å². The second-order valence-corrected chi connectivity index (χ2v) is 8.40. The van der Waals surface area contributed by atoms with Gasteiger partial charge < -0.3 is 5.11 Å². The van der Waals surface area contributed by atoms with Crippen LogP contribution in [0.15, 0.2) is 60.7 Å². The lowest BCUT2D eigenvalue weighted by molar-refractivity contribution is 0.103. The third-order valence-corrected chi connectivity index (χ3v) is 5.03. The quantitative estimate of drug-likeness (QED) is 0.469. The second-order valence-electron chi connectivity index (χ2n) is 7.96. The normalized spacial score (nSPS) is 11.7. The van der Waals surface area contributed by atoms with Gasteiger partial charge in [0.05, 0.1) is 5.56 Å². The average molecular weight is 406 g/mol. The Labute approximate surface area is 173 Å². The highest BCUT2D eigenvalue weighted by molar-refractivity contribution is 6.31. The average Bonchev–Trinajstić information content (AvgIpc) is 3.10. The molecule has 0 unspecified atom stereocenters. The number of benzene rings is 3. The Bertz CT molecular complexity index is 1220. The van der Waals surface area contributed by atoms with Crippen LogP contribution in [0.1, 0.15) is 42.3 Å². The zero-order valence-electron chi connectivity index (χ0n) is 16.3. The molecule has 29 heavy (non-hydrogen) atoms. The van der Waals surface area contributed by atoms with Crippen LogP contribution >= 0.6 is 11.6 Å². The van der Waals surface area contributed by atoms with Crippen molar-refractivity contribution in [2.24, 2.45) is 0 Å². The second kappa shape index (κ2) is 7.01. The lowest BCUT2D eigenvalue weighted by Gasteiger charge is -2.22. The number of aromatic hydroxyl groups is 1. The summed E-state index contributed by atoms with van der Waals surface area (Å²) < 4.78 is 0. The third kappa shape index (κ3) is 3.61. The van der Waals surface area contributed by atoms with Crippen molar-refractivity contribution in [3.63, 3.8) is 0 Å². The van der Waals surface area contributed by atoms with Gasteiger partial charge in [-0.05, 0) is 41.3 Å². The number of phenolic OH excluding ortho intramolecular Hbond substituents is 1. The molecule has 4 rings (SSSR count). The van der Waals surface area contributed by atoms with E-state index in [4.69, 9.17) is 11.6 Å². The van der Waals surface area contributed by atoms with E-state index in [0.29, 0.717) is 27.3 Å². The van der Waals surface area contributed by atoms with Gasteiger partial charge in [-0.1, -0.05) is 62.7 Å². The molecular formula is C23H20ClN3O2. The molecule has 6 heteroatoms. The van der Waals surface area contributed by atoms with E-state index in [1.807, 2.05) is 32.9 Å².